The van der Waals surface area contributed by atoms with Crippen molar-refractivity contribution in [1.29, 1.82) is 0 Å². The van der Waals surface area contributed by atoms with Crippen molar-refractivity contribution >= 4 is 105 Å². The van der Waals surface area contributed by atoms with Gasteiger partial charge in [0.1, 0.15) is 52.3 Å². The minimum Gasteiger partial charge on any atom is -0.497 e. The van der Waals surface area contributed by atoms with E-state index in [9.17, 15) is 38.4 Å². The van der Waals surface area contributed by atoms with E-state index in [1.807, 2.05) is 189 Å². The van der Waals surface area contributed by atoms with Gasteiger partial charge in [-0.1, -0.05) is 232 Å². The lowest BCUT2D eigenvalue weighted by Crippen LogP contribution is -2.27. The van der Waals surface area contributed by atoms with Gasteiger partial charge in [-0.25, -0.2) is 39.9 Å². The van der Waals surface area contributed by atoms with Crippen LogP contribution in [0.25, 0.3) is 0 Å². The fourth-order valence-corrected chi connectivity index (χ4v) is 16.6. The van der Waals surface area contributed by atoms with Crippen molar-refractivity contribution in [2.45, 2.75) is 262 Å². The van der Waals surface area contributed by atoms with E-state index < -0.39 is 0 Å². The van der Waals surface area contributed by atoms with Crippen LogP contribution in [0, 0.1) is 79.1 Å². The number of hydrogen-bond acceptors (Lipinski definition) is 17. The number of aryl methyl sites for hydroxylation is 8. The molecule has 8 aromatic heterocycles. The summed E-state index contributed by atoms with van der Waals surface area (Å²) < 4.78 is 5.04. The molecule has 26 heteroatoms. The SMILES string of the molecule is CCCCCCCC(=O)Nc1ccc(C)cn1.COc1ccc(C(=O)Nc2ccc(C)cn2)cc1.Cc1ccc(NC(=O)C2CCC(c3ccc(Cl)cc3)CC2)nc1.Cc1ccc(NC(=O)C2CCC(c3ccccc3)CC2)nc1.Cc1ccc(NC(=O)C2CCCCC2)nc1.Cc1ccc(NC(=O)CCCCCC(C)C)nc1.Cc1ccc(NC(=O)c2ccc(C(C)C)cc2)nc1.Cc1ccc(NC(=O)c2ccccc2)nc1. The van der Waals surface area contributed by atoms with Gasteiger partial charge in [0, 0.05) is 102 Å². The lowest BCUT2D eigenvalue weighted by molar-refractivity contribution is -0.121. The standard InChI is InChI=1S/C19H21ClN2O.C19H22N2O.C16H18N2O.C15H24N2O.C14H14N2O2.C14H22N2O.C13H18N2O.C13H12N2O/c1-13-2-11-18(21-12-13)22-19(23)16-5-3-14(4-6-16)15-7-9-17(20)10-8-15;1-14-7-12-18(20-13-14)21-19(22)17-10-8-16(9-11-17)15-5-3-2-4-6-15;1-11(2)13-5-7-14(8-6-13)16(19)18-15-9-4-12(3)10-17-15;1-12(2)7-5-4-6-8-15(18)17-14-10-9-13(3)11-16-14;1-10-3-8-13(15-9-10)16-14(17)11-4-6-12(18-2)7-5-11;1-3-4-5-6-7-8-14(17)16-13-10-9-12(2)11-15-13;2*1-10-7-8-12(14-9-10)15-13(16)11-5-3-2-4-6-11/h2,7-12,14,16H,3-6H2,1H3,(H,21,22,23);2-7,12-13,16-17H,8-11H2,1H3,(H,20,21,22);4-11H,1-3H3,(H,17,18,19);9-12H,4-8H2,1-3H3,(H,16,17,18);3-9H,1-2H3,(H,15,16,17);9-11H,3-8H2,1-2H3,(H,15,16,17);7-9,11H,2-6H2,1H3,(H,14,15,16);2-9H,1H3,(H,14,15,16). The van der Waals surface area contributed by atoms with Crippen molar-refractivity contribution in [1.82, 2.24) is 39.9 Å². The van der Waals surface area contributed by atoms with E-state index in [0.29, 0.717) is 93.8 Å². The number of halogens is 1. The number of benzene rings is 5. The molecule has 784 valence electrons. The maximum Gasteiger partial charge on any atom is 0.256 e. The average molecular weight is 2030 g/mol. The van der Waals surface area contributed by atoms with Crippen LogP contribution in [0.15, 0.2) is 280 Å². The quantitative estimate of drug-likeness (QED) is 0.0194. The summed E-state index contributed by atoms with van der Waals surface area (Å²) in [5.74, 6) is 8.43. The van der Waals surface area contributed by atoms with Gasteiger partial charge in [0.25, 0.3) is 17.7 Å². The van der Waals surface area contributed by atoms with Gasteiger partial charge in [-0.3, -0.25) is 38.4 Å². The maximum absolute atomic E-state index is 12.4. The predicted molar refractivity (Wildman–Crippen MR) is 604 cm³/mol. The second kappa shape index (κ2) is 65.0. The van der Waals surface area contributed by atoms with Gasteiger partial charge in [-0.05, 0) is 327 Å². The molecule has 8 amide bonds. The molecule has 8 N–H and O–H groups in total. The topological polar surface area (TPSA) is 345 Å². The number of unbranched alkanes of at least 4 members (excludes halogenated alkanes) is 6. The Labute approximate surface area is 886 Å². The van der Waals surface area contributed by atoms with Crippen LogP contribution in [0.1, 0.15) is 299 Å². The van der Waals surface area contributed by atoms with Gasteiger partial charge in [0.05, 0.1) is 7.11 Å². The predicted octanol–water partition coefficient (Wildman–Crippen LogP) is 28.9. The van der Waals surface area contributed by atoms with Gasteiger partial charge in [0.15, 0.2) is 0 Å². The van der Waals surface area contributed by atoms with Crippen LogP contribution in [-0.2, 0) is 24.0 Å². The number of carbonyl (C=O) groups excluding carboxylic acids is 8. The van der Waals surface area contributed by atoms with E-state index in [0.717, 1.165) is 151 Å². The van der Waals surface area contributed by atoms with Crippen LogP contribution in [0.2, 0.25) is 5.02 Å². The summed E-state index contributed by atoms with van der Waals surface area (Å²) in [6.45, 7) is 26.7. The number of nitrogens with zero attached hydrogens (tertiary/aromatic N) is 8. The monoisotopic (exact) mass is 2030 g/mol. The van der Waals surface area contributed by atoms with Crippen LogP contribution >= 0.6 is 11.6 Å². The zero-order valence-electron chi connectivity index (χ0n) is 89.2. The first-order valence-corrected chi connectivity index (χ1v) is 52.7. The molecule has 0 radical (unpaired) electrons. The first kappa shape index (κ1) is 118. The Hall–Kier alpha value is -14.9. The molecule has 16 rings (SSSR count). The molecular weight excluding hydrogens is 1880 g/mol. The molecule has 8 heterocycles. The maximum atomic E-state index is 12.4. The van der Waals surface area contributed by atoms with Crippen molar-refractivity contribution in [2.75, 3.05) is 49.6 Å². The first-order valence-electron chi connectivity index (χ1n) is 52.4. The molecule has 3 aliphatic rings. The number of aromatic nitrogens is 8. The van der Waals surface area contributed by atoms with E-state index in [1.54, 1.807) is 111 Å². The fourth-order valence-electron chi connectivity index (χ4n) is 16.5. The minimum absolute atomic E-state index is 0.0656. The van der Waals surface area contributed by atoms with Gasteiger partial charge in [0.2, 0.25) is 29.5 Å². The van der Waals surface area contributed by atoms with Crippen LogP contribution in [0.4, 0.5) is 46.5 Å². The van der Waals surface area contributed by atoms with Crippen LogP contribution in [0.5, 0.6) is 5.75 Å². The number of hydrogen-bond donors (Lipinski definition) is 8. The summed E-state index contributed by atoms with van der Waals surface area (Å²) in [6.07, 6.45) is 39.3. The second-order valence-electron chi connectivity index (χ2n) is 39.1. The molecule has 0 atom stereocenters. The molecule has 3 aliphatic carbocycles. The average Bonchev–Trinajstić information content (AvgIpc) is 0.911. The van der Waals surface area contributed by atoms with Gasteiger partial charge >= 0.3 is 0 Å². The van der Waals surface area contributed by atoms with Crippen LogP contribution in [0.3, 0.4) is 0 Å². The highest BCUT2D eigenvalue weighted by Gasteiger charge is 2.30. The third-order valence-electron chi connectivity index (χ3n) is 25.5. The van der Waals surface area contributed by atoms with Crippen molar-refractivity contribution in [3.63, 3.8) is 0 Å². The number of pyridine rings is 8. The number of nitrogens with one attached hydrogen (secondary N) is 8. The van der Waals surface area contributed by atoms with Crippen LogP contribution < -0.4 is 47.3 Å². The molecule has 0 spiro atoms. The fraction of sp³-hybridized carbons (Fsp3) is 0.366. The number of methoxy groups -OCH3 is 1. The smallest absolute Gasteiger partial charge is 0.256 e. The molecule has 0 saturated heterocycles. The molecule has 149 heavy (non-hydrogen) atoms. The Morgan fingerprint density at radius 2 is 0.591 bits per heavy atom. The zero-order valence-corrected chi connectivity index (χ0v) is 90.0. The van der Waals surface area contributed by atoms with Gasteiger partial charge in [-0.15, -0.1) is 0 Å². The minimum atomic E-state index is -0.186. The molecule has 0 bridgehead atoms. The number of carbonyl (C=O) groups is 8. The zero-order chi connectivity index (χ0) is 107. The second-order valence-corrected chi connectivity index (χ2v) is 39.6. The lowest BCUT2D eigenvalue weighted by atomic mass is 9.78. The number of anilines is 8. The molecule has 5 aromatic carbocycles. The van der Waals surface area contributed by atoms with Crippen molar-refractivity contribution < 1.29 is 43.1 Å². The molecule has 3 fully saturated rings. The van der Waals surface area contributed by atoms with E-state index >= 15 is 0 Å². The Balaban J connectivity index is 0.000000190. The highest BCUT2D eigenvalue weighted by molar-refractivity contribution is 6.30. The molecule has 3 saturated carbocycles. The van der Waals surface area contributed by atoms with Gasteiger partial charge in [-0.2, -0.15) is 0 Å². The molecule has 13 aromatic rings. The highest BCUT2D eigenvalue weighted by atomic mass is 35.5. The summed E-state index contributed by atoms with van der Waals surface area (Å²) in [5.41, 5.74) is 14.5. The summed E-state index contributed by atoms with van der Waals surface area (Å²) >= 11 is 5.94. The third-order valence-corrected chi connectivity index (χ3v) is 25.8. The van der Waals surface area contributed by atoms with Gasteiger partial charge < -0.3 is 47.3 Å². The van der Waals surface area contributed by atoms with E-state index in [4.69, 9.17) is 16.3 Å². The summed E-state index contributed by atoms with van der Waals surface area (Å²) in [5, 5.41) is 23.4. The summed E-state index contributed by atoms with van der Waals surface area (Å²) in [7, 11) is 1.59. The number of amides is 8. The van der Waals surface area contributed by atoms with Crippen molar-refractivity contribution in [2.24, 2.45) is 23.7 Å². The van der Waals surface area contributed by atoms with E-state index in [2.05, 4.69) is 159 Å². The molecule has 0 aliphatic heterocycles. The van der Waals surface area contributed by atoms with E-state index in [-0.39, 0.29) is 65.0 Å². The van der Waals surface area contributed by atoms with E-state index in [1.165, 1.54) is 68.1 Å². The normalized spacial score (nSPS) is 14.3. The summed E-state index contributed by atoms with van der Waals surface area (Å²) in [4.78, 5) is 129. The summed E-state index contributed by atoms with van der Waals surface area (Å²) in [6, 6.07) is 72.5. The molecule has 25 nitrogen and oxygen atoms in total. The Bertz CT molecular complexity index is 6130. The van der Waals surface area contributed by atoms with Crippen LogP contribution in [-0.4, -0.2) is 94.2 Å². The van der Waals surface area contributed by atoms with Crippen molar-refractivity contribution in [3.05, 3.63) is 363 Å². The number of rotatable bonds is 30. The lowest BCUT2D eigenvalue weighted by Gasteiger charge is -2.28. The number of ether oxygens (including phenoxy) is 1. The Morgan fingerprint density at radius 3 is 0.899 bits per heavy atom. The highest BCUT2D eigenvalue weighted by Crippen LogP contribution is 2.39. The third kappa shape index (κ3) is 45.6. The molecule has 0 unspecified atom stereocenters. The Morgan fingerprint density at radius 1 is 0.302 bits per heavy atom. The largest absolute Gasteiger partial charge is 0.497 e. The first-order chi connectivity index (χ1) is 71.9. The van der Waals surface area contributed by atoms with Crippen molar-refractivity contribution in [3.8, 4) is 5.75 Å². The molecular formula is C123H151ClN16O9. The Kier molecular flexibility index (Phi) is 51.3.